The van der Waals surface area contributed by atoms with Crippen LogP contribution in [-0.4, -0.2) is 43.2 Å². The quantitative estimate of drug-likeness (QED) is 0.829. The molecule has 1 heterocycles. The molecule has 0 spiro atoms. The molecular formula is C16H23NO3. The number of para-hydroxylation sites is 1. The Morgan fingerprint density at radius 2 is 2.20 bits per heavy atom. The Morgan fingerprint density at radius 3 is 2.90 bits per heavy atom. The van der Waals surface area contributed by atoms with Crippen LogP contribution in [0.2, 0.25) is 0 Å². The van der Waals surface area contributed by atoms with E-state index >= 15 is 0 Å². The highest BCUT2D eigenvalue weighted by Gasteiger charge is 2.27. The lowest BCUT2D eigenvalue weighted by Crippen LogP contribution is -2.49. The maximum absolute atomic E-state index is 12.4. The molecule has 4 nitrogen and oxygen atoms in total. The first-order chi connectivity index (χ1) is 9.68. The van der Waals surface area contributed by atoms with Gasteiger partial charge in [0.2, 0.25) is 5.91 Å². The van der Waals surface area contributed by atoms with Crippen molar-refractivity contribution in [1.82, 2.24) is 4.90 Å². The van der Waals surface area contributed by atoms with Crippen LogP contribution < -0.4 is 4.74 Å². The van der Waals surface area contributed by atoms with Crippen molar-refractivity contribution in [3.63, 3.8) is 0 Å². The van der Waals surface area contributed by atoms with Crippen LogP contribution in [0.15, 0.2) is 30.3 Å². The average Bonchev–Trinajstić information content (AvgIpc) is 2.48. The second-order valence-corrected chi connectivity index (χ2v) is 5.31. The lowest BCUT2D eigenvalue weighted by atomic mass is 10.1. The summed E-state index contributed by atoms with van der Waals surface area (Å²) in [6.45, 7) is 6.55. The summed E-state index contributed by atoms with van der Waals surface area (Å²) in [4.78, 5) is 14.3. The summed E-state index contributed by atoms with van der Waals surface area (Å²) in [5.41, 5.74) is 0. The van der Waals surface area contributed by atoms with Crippen molar-refractivity contribution in [2.75, 3.05) is 26.4 Å². The number of hydrogen-bond acceptors (Lipinski definition) is 3. The Balaban J connectivity index is 1.76. The zero-order valence-corrected chi connectivity index (χ0v) is 12.2. The summed E-state index contributed by atoms with van der Waals surface area (Å²) in [7, 11) is 0. The van der Waals surface area contributed by atoms with Crippen molar-refractivity contribution < 1.29 is 14.3 Å². The number of ether oxygens (including phenoxy) is 2. The molecule has 0 aliphatic carbocycles. The number of benzene rings is 1. The number of nitrogens with zero attached hydrogens (tertiary/aromatic N) is 1. The number of morpholine rings is 1. The van der Waals surface area contributed by atoms with E-state index in [1.807, 2.05) is 49.1 Å². The van der Waals surface area contributed by atoms with Crippen molar-refractivity contribution in [1.29, 1.82) is 0 Å². The van der Waals surface area contributed by atoms with E-state index in [1.54, 1.807) is 0 Å². The zero-order valence-electron chi connectivity index (χ0n) is 12.2. The third-order valence-corrected chi connectivity index (χ3v) is 3.64. The van der Waals surface area contributed by atoms with Crippen LogP contribution in [0, 0.1) is 5.92 Å². The van der Waals surface area contributed by atoms with Crippen molar-refractivity contribution in [2.24, 2.45) is 5.92 Å². The van der Waals surface area contributed by atoms with E-state index < -0.39 is 0 Å². The Hall–Kier alpha value is -1.55. The van der Waals surface area contributed by atoms with Crippen molar-refractivity contribution in [3.05, 3.63) is 30.3 Å². The van der Waals surface area contributed by atoms with Crippen molar-refractivity contribution in [3.8, 4) is 5.75 Å². The number of carbonyl (C=O) groups excluding carboxylic acids is 1. The second-order valence-electron chi connectivity index (χ2n) is 5.31. The minimum atomic E-state index is -0.0146. The largest absolute Gasteiger partial charge is 0.494 e. The lowest BCUT2D eigenvalue weighted by Gasteiger charge is -2.35. The van der Waals surface area contributed by atoms with Crippen LogP contribution in [0.5, 0.6) is 5.75 Å². The van der Waals surface area contributed by atoms with Crippen LogP contribution in [0.1, 0.15) is 20.3 Å². The van der Waals surface area contributed by atoms with E-state index in [1.165, 1.54) is 0 Å². The van der Waals surface area contributed by atoms with Crippen LogP contribution in [0.3, 0.4) is 0 Å². The van der Waals surface area contributed by atoms with Gasteiger partial charge < -0.3 is 14.4 Å². The van der Waals surface area contributed by atoms with Gasteiger partial charge in [0, 0.05) is 12.5 Å². The molecule has 0 bridgehead atoms. The minimum Gasteiger partial charge on any atom is -0.494 e. The summed E-state index contributed by atoms with van der Waals surface area (Å²) >= 11 is 0. The minimum absolute atomic E-state index is 0.0146. The first kappa shape index (κ1) is 14.9. The van der Waals surface area contributed by atoms with Gasteiger partial charge in [-0.05, 0) is 25.5 Å². The van der Waals surface area contributed by atoms with Gasteiger partial charge in [-0.15, -0.1) is 0 Å². The maximum Gasteiger partial charge on any atom is 0.225 e. The topological polar surface area (TPSA) is 38.8 Å². The molecule has 110 valence electrons. The monoisotopic (exact) mass is 277 g/mol. The molecule has 0 aromatic heterocycles. The van der Waals surface area contributed by atoms with Crippen molar-refractivity contribution in [2.45, 2.75) is 26.3 Å². The van der Waals surface area contributed by atoms with Gasteiger partial charge in [-0.2, -0.15) is 0 Å². The van der Waals surface area contributed by atoms with Gasteiger partial charge in [-0.3, -0.25) is 4.79 Å². The number of hydrogen-bond donors (Lipinski definition) is 0. The highest BCUT2D eigenvalue weighted by atomic mass is 16.5. The van der Waals surface area contributed by atoms with Crippen LogP contribution >= 0.6 is 0 Å². The van der Waals surface area contributed by atoms with Crippen molar-refractivity contribution >= 4 is 5.91 Å². The molecule has 1 aromatic rings. The molecule has 1 fully saturated rings. The standard InChI is InChI=1S/C16H23NO3/c1-13(8-10-20-15-6-4-3-5-7-15)16(18)17-9-11-19-12-14(17)2/h3-7,13-14H,8-12H2,1-2H3/t13-,14+/m1/s1. The number of amides is 1. The molecule has 4 heteroatoms. The van der Waals surface area contributed by atoms with Crippen LogP contribution in [0.25, 0.3) is 0 Å². The molecule has 0 saturated carbocycles. The summed E-state index contributed by atoms with van der Waals surface area (Å²) < 4.78 is 11.0. The fourth-order valence-electron chi connectivity index (χ4n) is 2.33. The predicted octanol–water partition coefficient (Wildman–Crippen LogP) is 2.34. The van der Waals surface area contributed by atoms with Gasteiger partial charge in [0.05, 0.1) is 25.9 Å². The molecule has 1 aliphatic heterocycles. The summed E-state index contributed by atoms with van der Waals surface area (Å²) in [5.74, 6) is 1.05. The van der Waals surface area contributed by atoms with Gasteiger partial charge in [-0.25, -0.2) is 0 Å². The van der Waals surface area contributed by atoms with Gasteiger partial charge in [0.25, 0.3) is 0 Å². The Bertz CT molecular complexity index is 421. The first-order valence-electron chi connectivity index (χ1n) is 7.24. The van der Waals surface area contributed by atoms with Crippen LogP contribution in [0.4, 0.5) is 0 Å². The van der Waals surface area contributed by atoms with Gasteiger partial charge >= 0.3 is 0 Å². The molecule has 1 aromatic carbocycles. The van der Waals surface area contributed by atoms with E-state index in [-0.39, 0.29) is 17.9 Å². The Morgan fingerprint density at radius 1 is 1.45 bits per heavy atom. The third kappa shape index (κ3) is 3.97. The van der Waals surface area contributed by atoms with Gasteiger partial charge in [-0.1, -0.05) is 25.1 Å². The molecule has 0 N–H and O–H groups in total. The van der Waals surface area contributed by atoms with E-state index in [2.05, 4.69) is 0 Å². The molecule has 1 amide bonds. The third-order valence-electron chi connectivity index (χ3n) is 3.64. The highest BCUT2D eigenvalue weighted by Crippen LogP contribution is 2.15. The fraction of sp³-hybridized carbons (Fsp3) is 0.562. The van der Waals surface area contributed by atoms with Crippen LogP contribution in [-0.2, 0) is 9.53 Å². The van der Waals surface area contributed by atoms with E-state index in [0.717, 1.165) is 12.2 Å². The molecule has 20 heavy (non-hydrogen) atoms. The SMILES string of the molecule is C[C@H](CCOc1ccccc1)C(=O)N1CCOC[C@@H]1C. The predicted molar refractivity (Wildman–Crippen MR) is 77.7 cm³/mol. The fourth-order valence-corrected chi connectivity index (χ4v) is 2.33. The average molecular weight is 277 g/mol. The van der Waals surface area contributed by atoms with E-state index in [4.69, 9.17) is 9.47 Å². The second kappa shape index (κ2) is 7.29. The molecule has 1 aliphatic rings. The highest BCUT2D eigenvalue weighted by molar-refractivity contribution is 5.78. The number of rotatable bonds is 5. The summed E-state index contributed by atoms with van der Waals surface area (Å²) in [6.07, 6.45) is 0.734. The van der Waals surface area contributed by atoms with E-state index in [9.17, 15) is 4.79 Å². The molecule has 1 saturated heterocycles. The first-order valence-corrected chi connectivity index (χ1v) is 7.24. The van der Waals surface area contributed by atoms with Gasteiger partial charge in [0.15, 0.2) is 0 Å². The maximum atomic E-state index is 12.4. The number of carbonyl (C=O) groups is 1. The summed E-state index contributed by atoms with van der Waals surface area (Å²) in [6, 6.07) is 9.87. The Labute approximate surface area is 120 Å². The molecule has 0 radical (unpaired) electrons. The zero-order chi connectivity index (χ0) is 14.4. The molecular weight excluding hydrogens is 254 g/mol. The normalized spacial score (nSPS) is 20.5. The lowest BCUT2D eigenvalue weighted by molar-refractivity contribution is -0.143. The molecule has 0 unspecified atom stereocenters. The Kier molecular flexibility index (Phi) is 5.41. The summed E-state index contributed by atoms with van der Waals surface area (Å²) in [5, 5.41) is 0. The molecule has 2 rings (SSSR count). The van der Waals surface area contributed by atoms with Gasteiger partial charge in [0.1, 0.15) is 5.75 Å². The smallest absolute Gasteiger partial charge is 0.225 e. The molecule has 2 atom stereocenters. The van der Waals surface area contributed by atoms with E-state index in [0.29, 0.717) is 26.4 Å².